The van der Waals surface area contributed by atoms with Crippen LogP contribution in [-0.2, 0) is 4.79 Å². The first-order valence-electron chi connectivity index (χ1n) is 4.15. The van der Waals surface area contributed by atoms with Crippen LogP contribution in [0.1, 0.15) is 32.6 Å². The Labute approximate surface area is 67.2 Å². The Bertz CT molecular complexity index is 192. The summed E-state index contributed by atoms with van der Waals surface area (Å²) in [5.74, 6) is 0.807. The van der Waals surface area contributed by atoms with Crippen molar-refractivity contribution in [2.45, 2.75) is 32.6 Å². The fourth-order valence-corrected chi connectivity index (χ4v) is 1.68. The number of nitrogens with zero attached hydrogens (tertiary/aromatic N) is 1. The van der Waals surface area contributed by atoms with E-state index in [4.69, 9.17) is 5.26 Å². The van der Waals surface area contributed by atoms with Crippen LogP contribution < -0.4 is 0 Å². The third-order valence-electron chi connectivity index (χ3n) is 2.57. The van der Waals surface area contributed by atoms with E-state index in [1.807, 2.05) is 6.92 Å². The molecule has 0 aromatic rings. The maximum atomic E-state index is 11.2. The number of carbonyl (C=O) groups excluding carboxylic acids is 1. The molecule has 0 radical (unpaired) electrons. The molecule has 1 rings (SSSR count). The highest BCUT2D eigenvalue weighted by molar-refractivity contribution is 5.81. The lowest BCUT2D eigenvalue weighted by Gasteiger charge is -2.25. The molecule has 1 saturated carbocycles. The molecule has 0 unspecified atom stereocenters. The van der Waals surface area contributed by atoms with Gasteiger partial charge in [-0.2, -0.15) is 5.26 Å². The van der Waals surface area contributed by atoms with Crippen LogP contribution >= 0.6 is 0 Å². The zero-order chi connectivity index (χ0) is 8.27. The topological polar surface area (TPSA) is 40.9 Å². The summed E-state index contributed by atoms with van der Waals surface area (Å²) >= 11 is 0. The Morgan fingerprint density at radius 1 is 1.73 bits per heavy atom. The molecular weight excluding hydrogens is 138 g/mol. The summed E-state index contributed by atoms with van der Waals surface area (Å²) in [5.41, 5.74) is 0. The van der Waals surface area contributed by atoms with Gasteiger partial charge in [-0.05, 0) is 18.8 Å². The Morgan fingerprint density at radius 3 is 3.09 bits per heavy atom. The second-order valence-corrected chi connectivity index (χ2v) is 3.27. The van der Waals surface area contributed by atoms with Crippen LogP contribution in [-0.4, -0.2) is 5.78 Å². The minimum absolute atomic E-state index is 0.128. The third-order valence-corrected chi connectivity index (χ3v) is 2.57. The summed E-state index contributed by atoms with van der Waals surface area (Å²) < 4.78 is 0. The fraction of sp³-hybridized carbons (Fsp3) is 0.778. The fourth-order valence-electron chi connectivity index (χ4n) is 1.68. The van der Waals surface area contributed by atoms with E-state index in [2.05, 4.69) is 6.07 Å². The zero-order valence-corrected chi connectivity index (χ0v) is 6.84. The summed E-state index contributed by atoms with van der Waals surface area (Å²) in [7, 11) is 0. The van der Waals surface area contributed by atoms with Crippen LogP contribution in [0, 0.1) is 23.2 Å². The van der Waals surface area contributed by atoms with E-state index in [9.17, 15) is 4.79 Å². The maximum absolute atomic E-state index is 11.2. The number of hydrogen-bond acceptors (Lipinski definition) is 2. The molecule has 11 heavy (non-hydrogen) atoms. The van der Waals surface area contributed by atoms with E-state index in [0.717, 1.165) is 19.3 Å². The van der Waals surface area contributed by atoms with Crippen molar-refractivity contribution in [1.29, 1.82) is 5.26 Å². The van der Waals surface area contributed by atoms with E-state index in [0.29, 0.717) is 18.1 Å². The Balaban J connectivity index is 2.52. The molecule has 0 N–H and O–H groups in total. The second-order valence-electron chi connectivity index (χ2n) is 3.27. The molecular formula is C9H13NO. The van der Waals surface area contributed by atoms with Crippen LogP contribution in [0.25, 0.3) is 0 Å². The molecule has 1 fully saturated rings. The molecule has 0 heterocycles. The van der Waals surface area contributed by atoms with Crippen LogP contribution in [0.15, 0.2) is 0 Å². The Hall–Kier alpha value is -0.840. The van der Waals surface area contributed by atoms with Crippen molar-refractivity contribution < 1.29 is 4.79 Å². The second kappa shape index (κ2) is 3.52. The van der Waals surface area contributed by atoms with E-state index < -0.39 is 0 Å². The number of Topliss-reactive ketones (excluding diaryl/α,β-unsaturated/α-hetero) is 1. The number of ketones is 1. The van der Waals surface area contributed by atoms with E-state index >= 15 is 0 Å². The molecule has 1 aliphatic carbocycles. The number of carbonyl (C=O) groups is 1. The molecule has 0 bridgehead atoms. The molecule has 0 aromatic carbocycles. The van der Waals surface area contributed by atoms with Crippen LogP contribution in [0.5, 0.6) is 0 Å². The molecule has 0 spiro atoms. The maximum Gasteiger partial charge on any atom is 0.136 e. The molecule has 2 atom stereocenters. The predicted octanol–water partition coefficient (Wildman–Crippen LogP) is 1.91. The summed E-state index contributed by atoms with van der Waals surface area (Å²) in [4.78, 5) is 11.2. The van der Waals surface area contributed by atoms with Crippen LogP contribution in [0.2, 0.25) is 0 Å². The molecule has 2 heteroatoms. The van der Waals surface area contributed by atoms with Gasteiger partial charge in [0.25, 0.3) is 0 Å². The van der Waals surface area contributed by atoms with Crippen molar-refractivity contribution in [1.82, 2.24) is 0 Å². The number of nitriles is 1. The Kier molecular flexibility index (Phi) is 2.64. The lowest BCUT2D eigenvalue weighted by Crippen LogP contribution is -2.25. The minimum Gasteiger partial charge on any atom is -0.299 e. The van der Waals surface area contributed by atoms with Gasteiger partial charge in [-0.25, -0.2) is 0 Å². The molecule has 0 saturated heterocycles. The van der Waals surface area contributed by atoms with E-state index in [-0.39, 0.29) is 5.92 Å². The lowest BCUT2D eigenvalue weighted by atomic mass is 9.78. The smallest absolute Gasteiger partial charge is 0.136 e. The predicted molar refractivity (Wildman–Crippen MR) is 41.7 cm³/mol. The minimum atomic E-state index is 0.128. The third kappa shape index (κ3) is 1.80. The first-order valence-corrected chi connectivity index (χ1v) is 4.15. The molecule has 0 amide bonds. The van der Waals surface area contributed by atoms with Crippen molar-refractivity contribution >= 4 is 5.78 Å². The van der Waals surface area contributed by atoms with Gasteiger partial charge in [-0.15, -0.1) is 0 Å². The number of rotatable bonds is 1. The van der Waals surface area contributed by atoms with Crippen molar-refractivity contribution in [3.8, 4) is 6.07 Å². The lowest BCUT2D eigenvalue weighted by molar-refractivity contribution is -0.125. The Morgan fingerprint density at radius 2 is 2.45 bits per heavy atom. The molecule has 1 aliphatic rings. The molecule has 60 valence electrons. The molecule has 0 aliphatic heterocycles. The van der Waals surface area contributed by atoms with E-state index in [1.54, 1.807) is 0 Å². The van der Waals surface area contributed by atoms with E-state index in [1.165, 1.54) is 0 Å². The van der Waals surface area contributed by atoms with Crippen molar-refractivity contribution in [3.05, 3.63) is 0 Å². The van der Waals surface area contributed by atoms with Crippen molar-refractivity contribution in [2.24, 2.45) is 11.8 Å². The summed E-state index contributed by atoms with van der Waals surface area (Å²) in [5, 5.41) is 8.46. The largest absolute Gasteiger partial charge is 0.299 e. The monoisotopic (exact) mass is 151 g/mol. The SMILES string of the molecule is C[C@H]1C(=O)CCC[C@H]1CC#N. The highest BCUT2D eigenvalue weighted by Crippen LogP contribution is 2.28. The van der Waals surface area contributed by atoms with Gasteiger partial charge in [0.15, 0.2) is 0 Å². The highest BCUT2D eigenvalue weighted by atomic mass is 16.1. The van der Waals surface area contributed by atoms with Gasteiger partial charge in [0.05, 0.1) is 6.07 Å². The standard InChI is InChI=1S/C9H13NO/c1-7-8(5-6-10)3-2-4-9(7)11/h7-8H,2-5H2,1H3/t7-,8+/m1/s1. The quantitative estimate of drug-likeness (QED) is 0.574. The van der Waals surface area contributed by atoms with Crippen LogP contribution in [0.4, 0.5) is 0 Å². The van der Waals surface area contributed by atoms with Gasteiger partial charge in [0.1, 0.15) is 5.78 Å². The molecule has 0 aromatic heterocycles. The van der Waals surface area contributed by atoms with Crippen molar-refractivity contribution in [3.63, 3.8) is 0 Å². The first-order chi connectivity index (χ1) is 5.25. The van der Waals surface area contributed by atoms with Gasteiger partial charge >= 0.3 is 0 Å². The molecule has 2 nitrogen and oxygen atoms in total. The summed E-state index contributed by atoms with van der Waals surface area (Å²) in [6, 6.07) is 2.14. The van der Waals surface area contributed by atoms with Gasteiger partial charge in [0.2, 0.25) is 0 Å². The average molecular weight is 151 g/mol. The van der Waals surface area contributed by atoms with Gasteiger partial charge in [-0.3, -0.25) is 4.79 Å². The highest BCUT2D eigenvalue weighted by Gasteiger charge is 2.27. The van der Waals surface area contributed by atoms with Gasteiger partial charge in [-0.1, -0.05) is 6.92 Å². The average Bonchev–Trinajstić information content (AvgIpc) is 1.99. The normalized spacial score (nSPS) is 31.5. The summed E-state index contributed by atoms with van der Waals surface area (Å²) in [6.07, 6.45) is 3.31. The van der Waals surface area contributed by atoms with Gasteiger partial charge in [0, 0.05) is 18.8 Å². The zero-order valence-electron chi connectivity index (χ0n) is 6.84. The van der Waals surface area contributed by atoms with Crippen LogP contribution in [0.3, 0.4) is 0 Å². The van der Waals surface area contributed by atoms with Gasteiger partial charge < -0.3 is 0 Å². The number of hydrogen-bond donors (Lipinski definition) is 0. The summed E-state index contributed by atoms with van der Waals surface area (Å²) in [6.45, 7) is 1.95. The van der Waals surface area contributed by atoms with Crippen molar-refractivity contribution in [2.75, 3.05) is 0 Å². The first kappa shape index (κ1) is 8.26.